The van der Waals surface area contributed by atoms with Crippen LogP contribution >= 0.6 is 11.3 Å². The normalized spacial score (nSPS) is 20.9. The first kappa shape index (κ1) is 18.1. The van der Waals surface area contributed by atoms with Gasteiger partial charge in [0.1, 0.15) is 11.3 Å². The molecular weight excluding hydrogens is 358 g/mol. The number of nitrogens with zero attached hydrogens (tertiary/aromatic N) is 4. The Bertz CT molecular complexity index is 952. The van der Waals surface area contributed by atoms with Crippen LogP contribution in [0.2, 0.25) is 0 Å². The number of hydrogen-bond acceptors (Lipinski definition) is 5. The van der Waals surface area contributed by atoms with E-state index >= 15 is 0 Å². The lowest BCUT2D eigenvalue weighted by Gasteiger charge is -2.34. The van der Waals surface area contributed by atoms with Crippen molar-refractivity contribution in [3.05, 3.63) is 46.9 Å². The molecule has 1 N–H and O–H groups in total. The van der Waals surface area contributed by atoms with Gasteiger partial charge in [0.25, 0.3) is 5.91 Å². The molecule has 0 unspecified atom stereocenters. The average Bonchev–Trinajstić information content (AvgIpc) is 3.20. The summed E-state index contributed by atoms with van der Waals surface area (Å²) in [6.45, 7) is 9.70. The molecule has 0 aromatic carbocycles. The predicted octanol–water partition coefficient (Wildman–Crippen LogP) is 3.83. The van der Waals surface area contributed by atoms with Crippen LogP contribution in [0, 0.1) is 18.8 Å². The molecule has 1 amide bonds. The SMILES string of the molecule is Cc1ccn2cc(C(=O)Nc3nc(CN4C[C@H](C)C[C@H](C)C4)cs3)nc2c1. The number of carbonyl (C=O) groups is 1. The van der Waals surface area contributed by atoms with Gasteiger partial charge in [0.2, 0.25) is 0 Å². The smallest absolute Gasteiger partial charge is 0.277 e. The summed E-state index contributed by atoms with van der Waals surface area (Å²) in [4.78, 5) is 24.0. The summed E-state index contributed by atoms with van der Waals surface area (Å²) < 4.78 is 1.86. The second-order valence-corrected chi connectivity index (χ2v) is 8.69. The summed E-state index contributed by atoms with van der Waals surface area (Å²) in [5.74, 6) is 1.23. The molecule has 1 aliphatic rings. The number of anilines is 1. The first-order valence-corrected chi connectivity index (χ1v) is 10.3. The van der Waals surface area contributed by atoms with E-state index < -0.39 is 0 Å². The molecule has 27 heavy (non-hydrogen) atoms. The highest BCUT2D eigenvalue weighted by Crippen LogP contribution is 2.24. The van der Waals surface area contributed by atoms with Crippen molar-refractivity contribution in [2.75, 3.05) is 18.4 Å². The quantitative estimate of drug-likeness (QED) is 0.744. The number of hydrogen-bond donors (Lipinski definition) is 1. The zero-order valence-corrected chi connectivity index (χ0v) is 16.8. The molecule has 3 aromatic heterocycles. The number of carbonyl (C=O) groups excluding carboxylic acids is 1. The number of pyridine rings is 1. The Labute approximate surface area is 163 Å². The zero-order valence-electron chi connectivity index (χ0n) is 16.0. The largest absolute Gasteiger partial charge is 0.306 e. The Balaban J connectivity index is 1.41. The van der Waals surface area contributed by atoms with Crippen molar-refractivity contribution in [3.63, 3.8) is 0 Å². The van der Waals surface area contributed by atoms with Crippen molar-refractivity contribution in [2.45, 2.75) is 33.7 Å². The van der Waals surface area contributed by atoms with Crippen LogP contribution in [0.25, 0.3) is 5.65 Å². The summed E-state index contributed by atoms with van der Waals surface area (Å²) in [5.41, 5.74) is 3.30. The van der Waals surface area contributed by atoms with Crippen molar-refractivity contribution in [3.8, 4) is 0 Å². The highest BCUT2D eigenvalue weighted by Gasteiger charge is 2.22. The molecule has 1 fully saturated rings. The molecule has 4 heterocycles. The van der Waals surface area contributed by atoms with Gasteiger partial charge in [0.15, 0.2) is 5.13 Å². The Kier molecular flexibility index (Phi) is 4.97. The van der Waals surface area contributed by atoms with Crippen molar-refractivity contribution in [1.29, 1.82) is 0 Å². The molecule has 0 spiro atoms. The minimum atomic E-state index is -0.225. The van der Waals surface area contributed by atoms with Gasteiger partial charge >= 0.3 is 0 Å². The van der Waals surface area contributed by atoms with Gasteiger partial charge < -0.3 is 4.40 Å². The second-order valence-electron chi connectivity index (χ2n) is 7.83. The maximum absolute atomic E-state index is 12.5. The van der Waals surface area contributed by atoms with Gasteiger partial charge in [-0.2, -0.15) is 0 Å². The van der Waals surface area contributed by atoms with Crippen LogP contribution in [0.4, 0.5) is 5.13 Å². The number of piperidine rings is 1. The summed E-state index contributed by atoms with van der Waals surface area (Å²) in [5, 5.41) is 5.54. The van der Waals surface area contributed by atoms with Gasteiger partial charge in [-0.1, -0.05) is 13.8 Å². The molecule has 1 saturated heterocycles. The summed E-state index contributed by atoms with van der Waals surface area (Å²) in [6, 6.07) is 3.95. The van der Waals surface area contributed by atoms with E-state index in [2.05, 4.69) is 34.0 Å². The van der Waals surface area contributed by atoms with Gasteiger partial charge in [-0.15, -0.1) is 11.3 Å². The standard InChI is InChI=1S/C20H25N5OS/c1-13-4-5-25-11-17(22-18(25)7-13)19(26)23-20-21-16(12-27-20)10-24-8-14(2)6-15(3)9-24/h4-5,7,11-12,14-15H,6,8-10H2,1-3H3,(H,21,23,26)/t14-,15+. The van der Waals surface area contributed by atoms with Gasteiger partial charge in [0.05, 0.1) is 5.69 Å². The second kappa shape index (κ2) is 7.40. The molecule has 2 atom stereocenters. The van der Waals surface area contributed by atoms with E-state index in [-0.39, 0.29) is 5.91 Å². The first-order chi connectivity index (χ1) is 13.0. The van der Waals surface area contributed by atoms with Crippen LogP contribution in [0.3, 0.4) is 0 Å². The number of nitrogens with one attached hydrogen (secondary N) is 1. The highest BCUT2D eigenvalue weighted by molar-refractivity contribution is 7.13. The van der Waals surface area contributed by atoms with Gasteiger partial charge in [0, 0.05) is 37.4 Å². The number of rotatable bonds is 4. The molecule has 0 radical (unpaired) electrons. The Morgan fingerprint density at radius 1 is 1.30 bits per heavy atom. The molecule has 0 bridgehead atoms. The third-order valence-electron chi connectivity index (χ3n) is 4.95. The zero-order chi connectivity index (χ0) is 19.0. The van der Waals surface area contributed by atoms with Crippen LogP contribution in [-0.2, 0) is 6.54 Å². The minimum absolute atomic E-state index is 0.225. The summed E-state index contributed by atoms with van der Waals surface area (Å²) in [7, 11) is 0. The highest BCUT2D eigenvalue weighted by atomic mass is 32.1. The summed E-state index contributed by atoms with van der Waals surface area (Å²) >= 11 is 1.47. The summed E-state index contributed by atoms with van der Waals surface area (Å²) in [6.07, 6.45) is 4.96. The van der Waals surface area contributed by atoms with Crippen LogP contribution in [-0.4, -0.2) is 38.3 Å². The molecule has 0 aliphatic carbocycles. The fraction of sp³-hybridized carbons (Fsp3) is 0.450. The van der Waals surface area contributed by atoms with Gasteiger partial charge in [-0.25, -0.2) is 9.97 Å². The van der Waals surface area contributed by atoms with Gasteiger partial charge in [-0.05, 0) is 42.9 Å². The van der Waals surface area contributed by atoms with E-state index in [1.165, 1.54) is 17.8 Å². The number of imidazole rings is 1. The lowest BCUT2D eigenvalue weighted by molar-refractivity contribution is 0.102. The van der Waals surface area contributed by atoms with Crippen LogP contribution in [0.5, 0.6) is 0 Å². The third kappa shape index (κ3) is 4.20. The Morgan fingerprint density at radius 2 is 2.07 bits per heavy atom. The number of fused-ring (bicyclic) bond motifs is 1. The van der Waals surface area contributed by atoms with Crippen LogP contribution in [0.15, 0.2) is 29.9 Å². The topological polar surface area (TPSA) is 62.5 Å². The predicted molar refractivity (Wildman–Crippen MR) is 108 cm³/mol. The van der Waals surface area contributed by atoms with E-state index in [0.717, 1.165) is 48.4 Å². The molecule has 0 saturated carbocycles. The fourth-order valence-corrected chi connectivity index (χ4v) is 4.64. The number of amides is 1. The third-order valence-corrected chi connectivity index (χ3v) is 5.76. The molecule has 3 aromatic rings. The van der Waals surface area contributed by atoms with Crippen molar-refractivity contribution in [1.82, 2.24) is 19.3 Å². The van der Waals surface area contributed by atoms with Crippen LogP contribution in [0.1, 0.15) is 42.0 Å². The molecule has 1 aliphatic heterocycles. The minimum Gasteiger partial charge on any atom is -0.306 e. The number of aromatic nitrogens is 3. The van der Waals surface area contributed by atoms with E-state index in [9.17, 15) is 4.79 Å². The van der Waals surface area contributed by atoms with Crippen molar-refractivity contribution in [2.24, 2.45) is 11.8 Å². The molecule has 4 rings (SSSR count). The maximum atomic E-state index is 12.5. The Hall–Kier alpha value is -2.25. The Morgan fingerprint density at radius 3 is 2.85 bits per heavy atom. The molecule has 6 nitrogen and oxygen atoms in total. The lowest BCUT2D eigenvalue weighted by Crippen LogP contribution is -2.38. The van der Waals surface area contributed by atoms with E-state index in [1.54, 1.807) is 6.20 Å². The molecule has 7 heteroatoms. The lowest BCUT2D eigenvalue weighted by atomic mass is 9.92. The number of likely N-dealkylation sites (tertiary alicyclic amines) is 1. The monoisotopic (exact) mass is 383 g/mol. The van der Waals surface area contributed by atoms with E-state index in [4.69, 9.17) is 0 Å². The van der Waals surface area contributed by atoms with Crippen LogP contribution < -0.4 is 5.32 Å². The molecular formula is C20H25N5OS. The van der Waals surface area contributed by atoms with Gasteiger partial charge in [-0.3, -0.25) is 15.0 Å². The maximum Gasteiger partial charge on any atom is 0.277 e. The average molecular weight is 384 g/mol. The number of thiazole rings is 1. The van der Waals surface area contributed by atoms with E-state index in [1.807, 2.05) is 35.0 Å². The first-order valence-electron chi connectivity index (χ1n) is 9.40. The van der Waals surface area contributed by atoms with E-state index in [0.29, 0.717) is 10.8 Å². The van der Waals surface area contributed by atoms with Crippen molar-refractivity contribution >= 4 is 28.0 Å². The van der Waals surface area contributed by atoms with Crippen molar-refractivity contribution < 1.29 is 4.79 Å². The fourth-order valence-electron chi connectivity index (χ4n) is 3.94. The number of aryl methyl sites for hydroxylation is 1. The molecule has 142 valence electrons.